The molecule has 0 radical (unpaired) electrons. The fraction of sp³-hybridized carbons (Fsp3) is 0.333. The number of fused-ring (bicyclic) bond motifs is 3. The Balaban J connectivity index is 1.24. The predicted octanol–water partition coefficient (Wildman–Crippen LogP) is 4.53. The molecule has 0 saturated carbocycles. The Morgan fingerprint density at radius 3 is 1.88 bits per heavy atom. The molecule has 0 spiro atoms. The van der Waals surface area contributed by atoms with Gasteiger partial charge in [0.05, 0.1) is 13.2 Å². The third kappa shape index (κ3) is 4.34. The number of rotatable bonds is 5. The van der Waals surface area contributed by atoms with Gasteiger partial charge in [-0.2, -0.15) is 0 Å². The lowest BCUT2D eigenvalue weighted by atomic mass is 9.98. The first kappa shape index (κ1) is 21.0. The lowest BCUT2D eigenvalue weighted by Crippen LogP contribution is -2.61. The third-order valence-corrected chi connectivity index (χ3v) is 6.25. The van der Waals surface area contributed by atoms with E-state index in [1.165, 1.54) is 0 Å². The Morgan fingerprint density at radius 1 is 0.606 bits per heavy atom. The number of hydrogen-bond acceptors (Lipinski definition) is 6. The van der Waals surface area contributed by atoms with Gasteiger partial charge in [0.25, 0.3) is 0 Å². The van der Waals surface area contributed by atoms with Gasteiger partial charge in [-0.25, -0.2) is 0 Å². The molecule has 170 valence electrons. The van der Waals surface area contributed by atoms with E-state index in [0.717, 1.165) is 16.7 Å². The number of ether oxygens (including phenoxy) is 6. The van der Waals surface area contributed by atoms with E-state index in [-0.39, 0.29) is 18.3 Å². The van der Waals surface area contributed by atoms with Crippen molar-refractivity contribution in [2.24, 2.45) is 0 Å². The van der Waals surface area contributed by atoms with Gasteiger partial charge in [0.1, 0.15) is 24.4 Å². The minimum atomic E-state index is -0.592. The quantitative estimate of drug-likeness (QED) is 0.574. The maximum Gasteiger partial charge on any atom is 0.187 e. The Kier molecular flexibility index (Phi) is 5.94. The second kappa shape index (κ2) is 9.35. The van der Waals surface area contributed by atoms with Gasteiger partial charge >= 0.3 is 0 Å². The van der Waals surface area contributed by atoms with Crippen molar-refractivity contribution in [2.75, 3.05) is 6.61 Å². The van der Waals surface area contributed by atoms with Crippen LogP contribution in [-0.4, -0.2) is 37.3 Å². The summed E-state index contributed by atoms with van der Waals surface area (Å²) in [4.78, 5) is 0. The summed E-state index contributed by atoms with van der Waals surface area (Å²) < 4.78 is 37.7. The molecule has 0 unspecified atom stereocenters. The van der Waals surface area contributed by atoms with Gasteiger partial charge in [-0.1, -0.05) is 91.0 Å². The van der Waals surface area contributed by atoms with Crippen LogP contribution in [-0.2, 0) is 35.0 Å². The lowest BCUT2D eigenvalue weighted by Gasteiger charge is -2.45. The minimum Gasteiger partial charge on any atom is -0.346 e. The van der Waals surface area contributed by atoms with Crippen molar-refractivity contribution in [1.29, 1.82) is 0 Å². The summed E-state index contributed by atoms with van der Waals surface area (Å²) in [5.41, 5.74) is 2.99. The van der Waals surface area contributed by atoms with Gasteiger partial charge in [-0.3, -0.25) is 0 Å². The van der Waals surface area contributed by atoms with Crippen molar-refractivity contribution >= 4 is 0 Å². The average molecular weight is 446 g/mol. The molecule has 3 fully saturated rings. The van der Waals surface area contributed by atoms with Gasteiger partial charge in [0.2, 0.25) is 0 Å². The van der Waals surface area contributed by atoms with Crippen LogP contribution >= 0.6 is 0 Å². The van der Waals surface area contributed by atoms with Crippen LogP contribution in [0.2, 0.25) is 0 Å². The lowest BCUT2D eigenvalue weighted by molar-refractivity contribution is -0.348. The summed E-state index contributed by atoms with van der Waals surface area (Å²) in [7, 11) is 0. The van der Waals surface area contributed by atoms with Gasteiger partial charge in [0, 0.05) is 11.1 Å². The van der Waals surface area contributed by atoms with Crippen molar-refractivity contribution in [2.45, 2.75) is 49.9 Å². The largest absolute Gasteiger partial charge is 0.346 e. The summed E-state index contributed by atoms with van der Waals surface area (Å²) in [6.45, 7) is 0.803. The molecule has 3 aliphatic rings. The van der Waals surface area contributed by atoms with E-state index in [0.29, 0.717) is 13.2 Å². The summed E-state index contributed by atoms with van der Waals surface area (Å²) in [6.07, 6.45) is -2.99. The number of hydrogen-bond donors (Lipinski definition) is 0. The van der Waals surface area contributed by atoms with Crippen LogP contribution in [0.3, 0.4) is 0 Å². The highest BCUT2D eigenvalue weighted by Gasteiger charge is 2.56. The molecule has 6 rings (SSSR count). The van der Waals surface area contributed by atoms with E-state index in [9.17, 15) is 0 Å². The molecule has 0 amide bonds. The predicted molar refractivity (Wildman–Crippen MR) is 119 cm³/mol. The van der Waals surface area contributed by atoms with Crippen molar-refractivity contribution in [3.05, 3.63) is 108 Å². The SMILES string of the molecule is c1ccc(CO[C@H]2O[C@H]3CO[C@@H](c4ccccc4)O[C@H]3[C@@H]3O[C@@H](c4ccccc4)O[C@H]23)cc1. The van der Waals surface area contributed by atoms with Crippen molar-refractivity contribution in [3.63, 3.8) is 0 Å². The Hall–Kier alpha value is -2.58. The second-order valence-corrected chi connectivity index (χ2v) is 8.46. The Morgan fingerprint density at radius 2 is 1.18 bits per heavy atom. The van der Waals surface area contributed by atoms with Crippen LogP contribution in [0, 0.1) is 0 Å². The highest BCUT2D eigenvalue weighted by Crippen LogP contribution is 2.43. The van der Waals surface area contributed by atoms with E-state index >= 15 is 0 Å². The topological polar surface area (TPSA) is 55.4 Å². The van der Waals surface area contributed by atoms with E-state index in [1.54, 1.807) is 0 Å². The van der Waals surface area contributed by atoms with Crippen molar-refractivity contribution in [1.82, 2.24) is 0 Å². The fourth-order valence-corrected chi connectivity index (χ4v) is 4.60. The van der Waals surface area contributed by atoms with Crippen LogP contribution < -0.4 is 0 Å². The van der Waals surface area contributed by atoms with Gasteiger partial charge in [0.15, 0.2) is 18.9 Å². The maximum atomic E-state index is 6.42. The normalized spacial score (nSPS) is 33.3. The zero-order valence-electron chi connectivity index (χ0n) is 18.1. The molecule has 6 heteroatoms. The van der Waals surface area contributed by atoms with E-state index < -0.39 is 25.0 Å². The molecule has 3 heterocycles. The Bertz CT molecular complexity index is 1030. The minimum absolute atomic E-state index is 0.315. The highest BCUT2D eigenvalue weighted by molar-refractivity contribution is 5.19. The summed E-state index contributed by atoms with van der Waals surface area (Å²) in [5, 5.41) is 0. The first-order chi connectivity index (χ1) is 16.3. The molecule has 6 nitrogen and oxygen atoms in total. The summed E-state index contributed by atoms with van der Waals surface area (Å²) >= 11 is 0. The average Bonchev–Trinajstić information content (AvgIpc) is 3.35. The zero-order chi connectivity index (χ0) is 22.0. The van der Waals surface area contributed by atoms with E-state index in [2.05, 4.69) is 0 Å². The molecule has 0 bridgehead atoms. The smallest absolute Gasteiger partial charge is 0.187 e. The standard InChI is InChI=1S/C27H26O6/c1-4-10-18(11-5-1)16-28-27-24-23(32-26(33-24)20-14-8-3-9-15-20)22-21(30-27)17-29-25(31-22)19-12-6-2-7-13-19/h1-15,21-27H,16-17H2/t21-,22+,23-,24-,25+,26+,27-/m0/s1. The molecule has 3 aromatic carbocycles. The molecule has 3 saturated heterocycles. The molecule has 0 aromatic heterocycles. The first-order valence-corrected chi connectivity index (χ1v) is 11.3. The molecular formula is C27H26O6. The molecular weight excluding hydrogens is 420 g/mol. The fourth-order valence-electron chi connectivity index (χ4n) is 4.60. The van der Waals surface area contributed by atoms with Crippen LogP contribution in [0.25, 0.3) is 0 Å². The zero-order valence-corrected chi connectivity index (χ0v) is 18.1. The molecule has 3 aromatic rings. The summed E-state index contributed by atoms with van der Waals surface area (Å²) in [5.74, 6) is 0. The highest BCUT2D eigenvalue weighted by atomic mass is 16.8. The number of benzene rings is 3. The third-order valence-electron chi connectivity index (χ3n) is 6.25. The maximum absolute atomic E-state index is 6.42. The van der Waals surface area contributed by atoms with Gasteiger partial charge < -0.3 is 28.4 Å². The van der Waals surface area contributed by atoms with E-state index in [4.69, 9.17) is 28.4 Å². The molecule has 0 N–H and O–H groups in total. The molecule has 0 aliphatic carbocycles. The first-order valence-electron chi connectivity index (χ1n) is 11.3. The summed E-state index contributed by atoms with van der Waals surface area (Å²) in [6, 6.07) is 29.9. The Labute approximate surface area is 192 Å². The van der Waals surface area contributed by atoms with Crippen molar-refractivity contribution in [3.8, 4) is 0 Å². The molecule has 7 atom stereocenters. The molecule has 33 heavy (non-hydrogen) atoms. The second-order valence-electron chi connectivity index (χ2n) is 8.46. The van der Waals surface area contributed by atoms with Crippen LogP contribution in [0.5, 0.6) is 0 Å². The molecule has 3 aliphatic heterocycles. The van der Waals surface area contributed by atoms with Crippen molar-refractivity contribution < 1.29 is 28.4 Å². The van der Waals surface area contributed by atoms with Gasteiger partial charge in [-0.15, -0.1) is 0 Å². The monoisotopic (exact) mass is 446 g/mol. The van der Waals surface area contributed by atoms with Crippen LogP contribution in [0.4, 0.5) is 0 Å². The van der Waals surface area contributed by atoms with Gasteiger partial charge in [-0.05, 0) is 5.56 Å². The van der Waals surface area contributed by atoms with E-state index in [1.807, 2.05) is 91.0 Å². The van der Waals surface area contributed by atoms with Crippen LogP contribution in [0.15, 0.2) is 91.0 Å². The van der Waals surface area contributed by atoms with Crippen LogP contribution in [0.1, 0.15) is 29.3 Å².